The fourth-order valence-electron chi connectivity index (χ4n) is 4.45. The first-order valence-corrected chi connectivity index (χ1v) is 16.7. The van der Waals surface area contributed by atoms with E-state index in [0.29, 0.717) is 35.4 Å². The minimum absolute atomic E-state index is 0. The Kier molecular flexibility index (Phi) is 21.9. The van der Waals surface area contributed by atoms with E-state index in [1.807, 2.05) is 30.3 Å². The van der Waals surface area contributed by atoms with Gasteiger partial charge in [0.15, 0.2) is 11.0 Å². The number of nitrogens with two attached hydrogens (primary N) is 1. The third-order valence-corrected chi connectivity index (χ3v) is 7.18. The number of alkyl halides is 6. The van der Waals surface area contributed by atoms with Crippen LogP contribution in [0.2, 0.25) is 0 Å². The molecule has 0 heterocycles. The number of rotatable bonds is 7. The number of hydrogen-bond donors (Lipinski definition) is 4. The quantitative estimate of drug-likeness (QED) is 0.0158. The SMILES string of the molecule is Nc1ccc(C(F)(F)F)cc1[N+](=O)[O-].O=NOO[O-].O=[N+]([O-])c1cc(C(F)(F)F)ccc1N=Nc1c(O)ccc2ccccc12.O=[P+]([O-])OO.Oc1ccc2ccccc2c1.[HH].[Na+]. The molecule has 0 aromatic heterocycles. The molecule has 28 heteroatoms. The first-order valence-electron chi connectivity index (χ1n) is 15.7. The molecule has 0 amide bonds. The fraction of sp³-hybridized carbons (Fsp3) is 0.0588. The van der Waals surface area contributed by atoms with Crippen molar-refractivity contribution < 1.29 is 112 Å². The van der Waals surface area contributed by atoms with Gasteiger partial charge in [-0.15, -0.1) is 15.1 Å². The third kappa shape index (κ3) is 17.2. The van der Waals surface area contributed by atoms with E-state index < -0.39 is 53.0 Å². The van der Waals surface area contributed by atoms with Crippen LogP contribution in [0.5, 0.6) is 11.5 Å². The Balaban J connectivity index is 0.000000875. The molecule has 1 unspecified atom stereocenters. The van der Waals surface area contributed by atoms with Crippen LogP contribution in [0.4, 0.5) is 54.8 Å². The predicted octanol–water partition coefficient (Wildman–Crippen LogP) is 6.26. The monoisotopic (exact) mass is 910 g/mol. The van der Waals surface area contributed by atoms with Gasteiger partial charge in [-0.25, -0.2) is 10.3 Å². The number of phenolic OH excluding ortho intramolecular Hbond substituents is 2. The number of fused-ring (bicyclic) bond motifs is 2. The predicted molar refractivity (Wildman–Crippen MR) is 197 cm³/mol. The summed E-state index contributed by atoms with van der Waals surface area (Å²) >= 11 is 0. The van der Waals surface area contributed by atoms with Crippen molar-refractivity contribution in [2.45, 2.75) is 12.4 Å². The number of benzene rings is 6. The van der Waals surface area contributed by atoms with Gasteiger partial charge in [-0.05, 0) is 63.2 Å². The van der Waals surface area contributed by atoms with Crippen LogP contribution in [0.3, 0.4) is 0 Å². The van der Waals surface area contributed by atoms with E-state index in [1.165, 1.54) is 6.07 Å². The average molecular weight is 911 g/mol. The Morgan fingerprint density at radius 3 is 1.71 bits per heavy atom. The van der Waals surface area contributed by atoms with Gasteiger partial charge in [0.2, 0.25) is 0 Å². The molecule has 62 heavy (non-hydrogen) atoms. The van der Waals surface area contributed by atoms with Crippen LogP contribution in [-0.2, 0) is 31.6 Å². The summed E-state index contributed by atoms with van der Waals surface area (Å²) in [6.45, 7) is 0. The van der Waals surface area contributed by atoms with Crippen molar-refractivity contribution in [1.29, 1.82) is 0 Å². The Morgan fingerprint density at radius 1 is 0.710 bits per heavy atom. The summed E-state index contributed by atoms with van der Waals surface area (Å²) in [5, 5.41) is 71.1. The Labute approximate surface area is 365 Å². The summed E-state index contributed by atoms with van der Waals surface area (Å²) in [6, 6.07) is 27.2. The largest absolute Gasteiger partial charge is 1.00 e. The number of nitrogen functional groups attached to an aromatic ring is 1. The molecule has 0 aliphatic rings. The van der Waals surface area contributed by atoms with Gasteiger partial charge < -0.3 is 26.1 Å². The van der Waals surface area contributed by atoms with Crippen molar-refractivity contribution in [3.8, 4) is 11.5 Å². The molecule has 0 fully saturated rings. The van der Waals surface area contributed by atoms with Gasteiger partial charge in [0.1, 0.15) is 22.9 Å². The molecular formula is C34H26F6N6NaO14P. The van der Waals surface area contributed by atoms with E-state index in [4.69, 9.17) is 35.7 Å². The number of nitro benzene ring substituents is 2. The average Bonchev–Trinajstić information content (AvgIpc) is 3.21. The molecule has 6 aromatic carbocycles. The second kappa shape index (κ2) is 25.3. The van der Waals surface area contributed by atoms with E-state index in [9.17, 15) is 51.7 Å². The van der Waals surface area contributed by atoms with Crippen LogP contribution in [0.25, 0.3) is 21.5 Å². The first-order chi connectivity index (χ1) is 28.6. The molecule has 0 radical (unpaired) electrons. The van der Waals surface area contributed by atoms with Crippen LogP contribution in [0.15, 0.2) is 131 Å². The van der Waals surface area contributed by atoms with E-state index in [2.05, 4.69) is 24.9 Å². The van der Waals surface area contributed by atoms with Gasteiger partial charge in [0.25, 0.3) is 11.4 Å². The number of halogens is 6. The number of azo groups is 1. The first kappa shape index (κ1) is 53.5. The number of nitro groups is 2. The third-order valence-electron chi connectivity index (χ3n) is 7.05. The summed E-state index contributed by atoms with van der Waals surface area (Å²) < 4.78 is 86.1. The van der Waals surface area contributed by atoms with Crippen molar-refractivity contribution >= 4 is 58.2 Å². The van der Waals surface area contributed by atoms with Crippen molar-refractivity contribution in [2.24, 2.45) is 15.6 Å². The molecule has 0 bridgehead atoms. The summed E-state index contributed by atoms with van der Waals surface area (Å²) in [5.41, 5.74) is 0.743. The molecule has 324 valence electrons. The molecular weight excluding hydrogens is 884 g/mol. The molecule has 20 nitrogen and oxygen atoms in total. The van der Waals surface area contributed by atoms with Gasteiger partial charge in [0, 0.05) is 23.6 Å². The van der Waals surface area contributed by atoms with E-state index in [0.717, 1.165) is 28.3 Å². The molecule has 1 atom stereocenters. The molecule has 0 saturated carbocycles. The summed E-state index contributed by atoms with van der Waals surface area (Å²) in [5.74, 6) is 0.116. The maximum absolute atomic E-state index is 12.7. The zero-order valence-electron chi connectivity index (χ0n) is 30.8. The van der Waals surface area contributed by atoms with Gasteiger partial charge >= 0.3 is 50.2 Å². The van der Waals surface area contributed by atoms with Crippen molar-refractivity contribution in [3.05, 3.63) is 152 Å². The molecule has 6 aromatic rings. The second-order valence-electron chi connectivity index (χ2n) is 10.9. The number of hydrogen-bond acceptors (Lipinski definition) is 18. The Hall–Kier alpha value is -6.48. The summed E-state index contributed by atoms with van der Waals surface area (Å²) in [4.78, 5) is 39.8. The molecule has 0 aliphatic heterocycles. The van der Waals surface area contributed by atoms with Crippen molar-refractivity contribution in [1.82, 2.24) is 0 Å². The fourth-order valence-corrected chi connectivity index (χ4v) is 4.45. The minimum atomic E-state index is -4.71. The van der Waals surface area contributed by atoms with Crippen LogP contribution < -0.4 is 45.4 Å². The number of phenols is 2. The number of nitrogens with zero attached hydrogens (tertiary/aromatic N) is 5. The Morgan fingerprint density at radius 2 is 1.21 bits per heavy atom. The van der Waals surface area contributed by atoms with E-state index >= 15 is 0 Å². The summed E-state index contributed by atoms with van der Waals surface area (Å²) in [7, 11) is -3.04. The van der Waals surface area contributed by atoms with E-state index in [-0.39, 0.29) is 53.8 Å². The standard InChI is InChI=1S/C17H10F3N3O3.C10H8O.C7H5F3N2O2.HNO4.Na.HO4P.H2/c18-17(19,20)11-6-7-13(14(9-11)23(25)26)21-22-16-12-4-2-1-3-10(12)5-8-15(16)24;11-10-6-5-8-3-1-2-4-9(8)7-10;8-7(9,10)4-1-2-5(11)6(3-4)12(13)14;2-1-4-5-3;;1-4-5(2)3;/h1-9,24H;1-7,11H;1-3H,11H2;3H;;1H;1H/q;;;;+1;;/p-1. The second-order valence-corrected chi connectivity index (χ2v) is 11.5. The molecule has 0 aliphatic carbocycles. The summed E-state index contributed by atoms with van der Waals surface area (Å²) in [6.07, 6.45) is -9.31. The maximum Gasteiger partial charge on any atom is 1.00 e. The topological polar surface area (TPSA) is 318 Å². The van der Waals surface area contributed by atoms with Crippen molar-refractivity contribution in [2.75, 3.05) is 5.73 Å². The van der Waals surface area contributed by atoms with Crippen LogP contribution in [-0.4, -0.2) is 25.3 Å². The van der Waals surface area contributed by atoms with Crippen LogP contribution in [0, 0.1) is 25.1 Å². The van der Waals surface area contributed by atoms with Gasteiger partial charge in [-0.3, -0.25) is 20.2 Å². The van der Waals surface area contributed by atoms with Gasteiger partial charge in [0.05, 0.1) is 21.0 Å². The van der Waals surface area contributed by atoms with E-state index in [1.54, 1.807) is 47.8 Å². The normalized spacial score (nSPS) is 10.8. The molecule has 6 rings (SSSR count). The molecule has 0 saturated heterocycles. The molecule has 5 N–H and O–H groups in total. The smallest absolute Gasteiger partial charge is 0.679 e. The number of anilines is 1. The Bertz CT molecular complexity index is 2510. The maximum atomic E-state index is 12.7. The van der Waals surface area contributed by atoms with Crippen molar-refractivity contribution in [3.63, 3.8) is 0 Å². The zero-order chi connectivity index (χ0) is 45.9. The minimum Gasteiger partial charge on any atom is -0.679 e. The van der Waals surface area contributed by atoms with Gasteiger partial charge in [-0.1, -0.05) is 60.7 Å². The molecule has 0 spiro atoms. The number of aromatic hydroxyl groups is 2. The van der Waals surface area contributed by atoms with Crippen LogP contribution >= 0.6 is 8.25 Å². The van der Waals surface area contributed by atoms with Gasteiger partial charge in [-0.2, -0.15) is 31.3 Å². The van der Waals surface area contributed by atoms with Crippen LogP contribution in [0.1, 0.15) is 12.6 Å². The zero-order valence-corrected chi connectivity index (χ0v) is 33.7.